The normalized spacial score (nSPS) is 18.1. The highest BCUT2D eigenvalue weighted by atomic mass is 16.4. The second kappa shape index (κ2) is 5.71. The van der Waals surface area contributed by atoms with Gasteiger partial charge >= 0.3 is 5.97 Å². The van der Waals surface area contributed by atoms with Crippen molar-refractivity contribution >= 4 is 5.97 Å². The first-order valence-corrected chi connectivity index (χ1v) is 6.70. The van der Waals surface area contributed by atoms with Gasteiger partial charge in [-0.3, -0.25) is 9.58 Å². The number of piperazine rings is 1. The molecule has 6 nitrogen and oxygen atoms in total. The maximum Gasteiger partial charge on any atom is 0.354 e. The molecule has 106 valence electrons. The van der Waals surface area contributed by atoms with Crippen molar-refractivity contribution in [1.29, 1.82) is 0 Å². The number of likely N-dealkylation sites (N-methyl/N-ethyl adjacent to an activating group) is 1. The summed E-state index contributed by atoms with van der Waals surface area (Å²) in [4.78, 5) is 15.8. The molecule has 1 aromatic rings. The number of hydrogen-bond acceptors (Lipinski definition) is 4. The molecule has 0 unspecified atom stereocenters. The van der Waals surface area contributed by atoms with Crippen LogP contribution in [-0.4, -0.2) is 63.9 Å². The summed E-state index contributed by atoms with van der Waals surface area (Å²) in [6.07, 6.45) is 0. The molecule has 0 spiro atoms. The minimum atomic E-state index is -0.911. The van der Waals surface area contributed by atoms with Crippen LogP contribution in [0.15, 0.2) is 6.07 Å². The van der Waals surface area contributed by atoms with Crippen LogP contribution in [0.25, 0.3) is 0 Å². The number of nitrogens with zero attached hydrogens (tertiary/aromatic N) is 4. The van der Waals surface area contributed by atoms with Gasteiger partial charge in [-0.1, -0.05) is 0 Å². The van der Waals surface area contributed by atoms with Gasteiger partial charge in [-0.05, 0) is 27.0 Å². The van der Waals surface area contributed by atoms with Gasteiger partial charge in [0.1, 0.15) is 5.69 Å². The van der Waals surface area contributed by atoms with Crippen molar-refractivity contribution in [2.45, 2.75) is 26.4 Å². The lowest BCUT2D eigenvalue weighted by Gasteiger charge is -2.31. The van der Waals surface area contributed by atoms with Crippen molar-refractivity contribution < 1.29 is 9.90 Å². The Labute approximate surface area is 113 Å². The minimum absolute atomic E-state index is 0.0624. The second-order valence-electron chi connectivity index (χ2n) is 5.44. The lowest BCUT2D eigenvalue weighted by atomic mass is 10.3. The smallest absolute Gasteiger partial charge is 0.354 e. The zero-order chi connectivity index (χ0) is 14.0. The Balaban J connectivity index is 2.08. The highest BCUT2D eigenvalue weighted by molar-refractivity contribution is 5.85. The summed E-state index contributed by atoms with van der Waals surface area (Å²) in [5, 5.41) is 13.6. The Morgan fingerprint density at radius 2 is 2.00 bits per heavy atom. The van der Waals surface area contributed by atoms with Crippen LogP contribution in [0, 0.1) is 0 Å². The second-order valence-corrected chi connectivity index (χ2v) is 5.44. The zero-order valence-corrected chi connectivity index (χ0v) is 11.8. The largest absolute Gasteiger partial charge is 0.477 e. The van der Waals surface area contributed by atoms with Crippen molar-refractivity contribution in [1.82, 2.24) is 19.6 Å². The van der Waals surface area contributed by atoms with Crippen LogP contribution in [-0.2, 0) is 6.54 Å². The Bertz CT molecular complexity index is 447. The molecule has 2 rings (SSSR count). The summed E-state index contributed by atoms with van der Waals surface area (Å²) < 4.78 is 1.59. The highest BCUT2D eigenvalue weighted by Crippen LogP contribution is 2.14. The van der Waals surface area contributed by atoms with Crippen molar-refractivity contribution in [2.24, 2.45) is 0 Å². The van der Waals surface area contributed by atoms with E-state index in [1.54, 1.807) is 10.7 Å². The Morgan fingerprint density at radius 3 is 2.47 bits per heavy atom. The van der Waals surface area contributed by atoms with Crippen LogP contribution in [0.2, 0.25) is 0 Å². The molecule has 0 aromatic carbocycles. The quantitative estimate of drug-likeness (QED) is 0.877. The van der Waals surface area contributed by atoms with E-state index < -0.39 is 5.97 Å². The van der Waals surface area contributed by atoms with E-state index in [1.807, 2.05) is 13.8 Å². The molecule has 1 fully saturated rings. The van der Waals surface area contributed by atoms with E-state index >= 15 is 0 Å². The molecule has 0 aliphatic carbocycles. The molecule has 0 amide bonds. The van der Waals surface area contributed by atoms with Gasteiger partial charge in [0, 0.05) is 38.8 Å². The first-order valence-electron chi connectivity index (χ1n) is 6.70. The number of aromatic carboxylic acids is 1. The van der Waals surface area contributed by atoms with Crippen molar-refractivity contribution in [3.8, 4) is 0 Å². The Kier molecular flexibility index (Phi) is 4.21. The number of carbonyl (C=O) groups is 1. The summed E-state index contributed by atoms with van der Waals surface area (Å²) in [7, 11) is 2.12. The van der Waals surface area contributed by atoms with Gasteiger partial charge in [-0.2, -0.15) is 5.10 Å². The molecule has 0 radical (unpaired) electrons. The zero-order valence-electron chi connectivity index (χ0n) is 11.8. The molecule has 6 heteroatoms. The molecular formula is C13H22N4O2. The average molecular weight is 266 g/mol. The van der Waals surface area contributed by atoms with E-state index in [4.69, 9.17) is 0 Å². The van der Waals surface area contributed by atoms with Crippen LogP contribution in [0.5, 0.6) is 0 Å². The van der Waals surface area contributed by atoms with Gasteiger partial charge in [0.05, 0.1) is 5.69 Å². The summed E-state index contributed by atoms with van der Waals surface area (Å²) in [5.41, 5.74) is 1.12. The fourth-order valence-corrected chi connectivity index (χ4v) is 2.31. The molecule has 1 aromatic heterocycles. The molecule has 19 heavy (non-hydrogen) atoms. The van der Waals surface area contributed by atoms with E-state index in [9.17, 15) is 9.90 Å². The van der Waals surface area contributed by atoms with E-state index in [0.717, 1.165) is 38.4 Å². The summed E-state index contributed by atoms with van der Waals surface area (Å²) in [5.74, 6) is -0.911. The minimum Gasteiger partial charge on any atom is -0.477 e. The lowest BCUT2D eigenvalue weighted by molar-refractivity contribution is 0.0681. The molecule has 1 saturated heterocycles. The number of carboxylic acid groups (broad SMARTS) is 1. The predicted molar refractivity (Wildman–Crippen MR) is 72.3 cm³/mol. The molecule has 1 aliphatic rings. The van der Waals surface area contributed by atoms with Gasteiger partial charge in [0.15, 0.2) is 0 Å². The van der Waals surface area contributed by atoms with Crippen LogP contribution < -0.4 is 0 Å². The molecular weight excluding hydrogens is 244 g/mol. The van der Waals surface area contributed by atoms with Crippen LogP contribution in [0.1, 0.15) is 36.1 Å². The Morgan fingerprint density at radius 1 is 1.37 bits per heavy atom. The molecule has 2 heterocycles. The van der Waals surface area contributed by atoms with E-state index in [2.05, 4.69) is 21.9 Å². The SMILES string of the molecule is CC(C)n1nc(CN2CCN(C)CC2)cc1C(=O)O. The topological polar surface area (TPSA) is 61.6 Å². The predicted octanol–water partition coefficient (Wildman–Crippen LogP) is 0.910. The fourth-order valence-electron chi connectivity index (χ4n) is 2.31. The van der Waals surface area contributed by atoms with Crippen molar-refractivity contribution in [3.05, 3.63) is 17.5 Å². The van der Waals surface area contributed by atoms with E-state index in [-0.39, 0.29) is 11.7 Å². The lowest BCUT2D eigenvalue weighted by Crippen LogP contribution is -2.43. The Hall–Kier alpha value is -1.40. The molecule has 0 atom stereocenters. The van der Waals surface area contributed by atoms with E-state index in [1.165, 1.54) is 0 Å². The number of hydrogen-bond donors (Lipinski definition) is 1. The third kappa shape index (κ3) is 3.33. The number of rotatable bonds is 4. The first kappa shape index (κ1) is 14.0. The van der Waals surface area contributed by atoms with Crippen LogP contribution in [0.3, 0.4) is 0 Å². The molecule has 1 aliphatic heterocycles. The van der Waals surface area contributed by atoms with Gasteiger partial charge in [-0.15, -0.1) is 0 Å². The van der Waals surface area contributed by atoms with E-state index in [0.29, 0.717) is 0 Å². The number of aromatic nitrogens is 2. The van der Waals surface area contributed by atoms with Crippen LogP contribution >= 0.6 is 0 Å². The third-order valence-corrected chi connectivity index (χ3v) is 3.48. The monoisotopic (exact) mass is 266 g/mol. The highest BCUT2D eigenvalue weighted by Gasteiger charge is 2.19. The third-order valence-electron chi connectivity index (χ3n) is 3.48. The van der Waals surface area contributed by atoms with Crippen molar-refractivity contribution in [2.75, 3.05) is 33.2 Å². The van der Waals surface area contributed by atoms with Gasteiger partial charge in [0.2, 0.25) is 0 Å². The maximum atomic E-state index is 11.2. The summed E-state index contributed by atoms with van der Waals surface area (Å²) >= 11 is 0. The first-order chi connectivity index (χ1) is 8.97. The number of carboxylic acids is 1. The van der Waals surface area contributed by atoms with Gasteiger partial charge < -0.3 is 10.0 Å². The standard InChI is InChI=1S/C13H22N4O2/c1-10(2)17-12(13(18)19)8-11(14-17)9-16-6-4-15(3)5-7-16/h8,10H,4-7,9H2,1-3H3,(H,18,19). The van der Waals surface area contributed by atoms with Crippen molar-refractivity contribution in [3.63, 3.8) is 0 Å². The maximum absolute atomic E-state index is 11.2. The summed E-state index contributed by atoms with van der Waals surface area (Å²) in [6.45, 7) is 8.74. The molecule has 1 N–H and O–H groups in total. The molecule has 0 bridgehead atoms. The van der Waals surface area contributed by atoms with Gasteiger partial charge in [0.25, 0.3) is 0 Å². The fraction of sp³-hybridized carbons (Fsp3) is 0.692. The average Bonchev–Trinajstić information content (AvgIpc) is 2.76. The molecule has 0 saturated carbocycles. The van der Waals surface area contributed by atoms with Crippen LogP contribution in [0.4, 0.5) is 0 Å². The van der Waals surface area contributed by atoms with Gasteiger partial charge in [-0.25, -0.2) is 4.79 Å². The summed E-state index contributed by atoms with van der Waals surface area (Å²) in [6, 6.07) is 1.76.